The van der Waals surface area contributed by atoms with Gasteiger partial charge >= 0.3 is 0 Å². The molecule has 0 aliphatic heterocycles. The van der Waals surface area contributed by atoms with Crippen molar-refractivity contribution < 1.29 is 0 Å². The lowest BCUT2D eigenvalue weighted by Gasteiger charge is -2.30. The van der Waals surface area contributed by atoms with Gasteiger partial charge in [0, 0.05) is 30.6 Å². The van der Waals surface area contributed by atoms with Gasteiger partial charge in [0.05, 0.1) is 11.4 Å². The highest BCUT2D eigenvalue weighted by Gasteiger charge is 2.29. The molecule has 0 saturated carbocycles. The van der Waals surface area contributed by atoms with Crippen molar-refractivity contribution in [1.82, 2.24) is 20.0 Å². The Labute approximate surface area is 212 Å². The number of hydrogen-bond acceptors (Lipinski definition) is 4. The largest absolute Gasteiger partial charge is 0.303 e. The lowest BCUT2D eigenvalue weighted by atomic mass is 9.82. The van der Waals surface area contributed by atoms with Gasteiger partial charge in [0.25, 0.3) is 0 Å². The maximum absolute atomic E-state index is 4.83. The first-order valence-electron chi connectivity index (χ1n) is 13.8. The lowest BCUT2D eigenvalue weighted by molar-refractivity contribution is 0.184. The second kappa shape index (κ2) is 11.2. The minimum Gasteiger partial charge on any atom is -0.303 e. The van der Waals surface area contributed by atoms with Crippen LogP contribution in [0.2, 0.25) is 0 Å². The van der Waals surface area contributed by atoms with Gasteiger partial charge in [-0.15, -0.1) is 5.10 Å². The third kappa shape index (κ3) is 5.29. The van der Waals surface area contributed by atoms with E-state index in [-0.39, 0.29) is 5.92 Å². The van der Waals surface area contributed by atoms with Crippen molar-refractivity contribution in [2.24, 2.45) is 0 Å². The molecule has 3 aliphatic rings. The van der Waals surface area contributed by atoms with Crippen LogP contribution in [0.15, 0.2) is 53.6 Å². The van der Waals surface area contributed by atoms with E-state index in [1.54, 1.807) is 11.1 Å². The SMILES string of the molecule is CCN(CC)CCN(C)C1CCC2=C(CC1)C(c1cc3c(nn1)-c1ccccc1CCC3)[CH]C=C2. The minimum absolute atomic E-state index is 0.269. The van der Waals surface area contributed by atoms with Crippen molar-refractivity contribution in [2.45, 2.75) is 70.8 Å². The number of rotatable bonds is 7. The fraction of sp³-hybridized carbons (Fsp3) is 0.516. The number of benzene rings is 1. The van der Waals surface area contributed by atoms with Crippen molar-refractivity contribution in [3.05, 3.63) is 76.9 Å². The molecule has 4 heteroatoms. The molecule has 2 atom stereocenters. The molecule has 0 fully saturated rings. The summed E-state index contributed by atoms with van der Waals surface area (Å²) in [7, 11) is 2.33. The van der Waals surface area contributed by atoms with Gasteiger partial charge < -0.3 is 9.80 Å². The summed E-state index contributed by atoms with van der Waals surface area (Å²) in [4.78, 5) is 5.14. The molecular formula is C31H41N4. The molecule has 35 heavy (non-hydrogen) atoms. The number of aryl methyl sites for hydroxylation is 2. The van der Waals surface area contributed by atoms with Gasteiger partial charge in [0.2, 0.25) is 0 Å². The normalized spacial score (nSPS) is 22.0. The predicted octanol–water partition coefficient (Wildman–Crippen LogP) is 6.00. The number of likely N-dealkylation sites (N-methyl/N-ethyl adjacent to an activating group) is 2. The smallest absolute Gasteiger partial charge is 0.0964 e. The van der Waals surface area contributed by atoms with E-state index in [1.807, 2.05) is 0 Å². The van der Waals surface area contributed by atoms with Gasteiger partial charge in [-0.25, -0.2) is 0 Å². The second-order valence-electron chi connectivity index (χ2n) is 10.5. The molecule has 1 radical (unpaired) electrons. The van der Waals surface area contributed by atoms with Gasteiger partial charge in [-0.1, -0.05) is 55.8 Å². The van der Waals surface area contributed by atoms with E-state index in [0.29, 0.717) is 6.04 Å². The van der Waals surface area contributed by atoms with Crippen LogP contribution in [0.5, 0.6) is 0 Å². The van der Waals surface area contributed by atoms with Crippen LogP contribution in [0.3, 0.4) is 0 Å². The van der Waals surface area contributed by atoms with Crippen LogP contribution in [0.4, 0.5) is 0 Å². The highest BCUT2D eigenvalue weighted by Crippen LogP contribution is 2.41. The molecule has 5 rings (SSSR count). The maximum atomic E-state index is 4.83. The fourth-order valence-corrected chi connectivity index (χ4v) is 6.25. The number of hydrogen-bond donors (Lipinski definition) is 0. The Morgan fingerprint density at radius 3 is 2.57 bits per heavy atom. The first kappa shape index (κ1) is 24.4. The highest BCUT2D eigenvalue weighted by molar-refractivity contribution is 5.68. The number of fused-ring (bicyclic) bond motifs is 3. The summed E-state index contributed by atoms with van der Waals surface area (Å²) < 4.78 is 0. The molecule has 2 aromatic rings. The third-order valence-corrected chi connectivity index (χ3v) is 8.54. The molecule has 0 bridgehead atoms. The molecule has 185 valence electrons. The van der Waals surface area contributed by atoms with E-state index in [1.165, 1.54) is 42.4 Å². The van der Waals surface area contributed by atoms with Crippen LogP contribution in [-0.4, -0.2) is 59.3 Å². The van der Waals surface area contributed by atoms with Crippen LogP contribution in [0, 0.1) is 6.42 Å². The molecule has 0 spiro atoms. The number of nitrogens with zero attached hydrogens (tertiary/aromatic N) is 4. The van der Waals surface area contributed by atoms with Crippen LogP contribution in [0.25, 0.3) is 11.3 Å². The van der Waals surface area contributed by atoms with E-state index in [2.05, 4.69) is 79.6 Å². The lowest BCUT2D eigenvalue weighted by Crippen LogP contribution is -2.38. The Bertz CT molecular complexity index is 1080. The number of allylic oxidation sites excluding steroid dienone is 4. The average Bonchev–Trinajstić information content (AvgIpc) is 3.23. The Morgan fingerprint density at radius 2 is 1.71 bits per heavy atom. The monoisotopic (exact) mass is 469 g/mol. The second-order valence-corrected chi connectivity index (χ2v) is 10.5. The van der Waals surface area contributed by atoms with E-state index in [0.717, 1.165) is 56.8 Å². The van der Waals surface area contributed by atoms with Crippen LogP contribution >= 0.6 is 0 Å². The Hall–Kier alpha value is -2.30. The molecule has 2 unspecified atom stereocenters. The molecule has 1 aromatic carbocycles. The average molecular weight is 470 g/mol. The zero-order valence-electron chi connectivity index (χ0n) is 21.8. The van der Waals surface area contributed by atoms with Gasteiger partial charge in [-0.3, -0.25) is 0 Å². The zero-order chi connectivity index (χ0) is 24.2. The van der Waals surface area contributed by atoms with Gasteiger partial charge in [0.1, 0.15) is 0 Å². The van der Waals surface area contributed by atoms with E-state index >= 15 is 0 Å². The van der Waals surface area contributed by atoms with Crippen molar-refractivity contribution >= 4 is 0 Å². The first-order chi connectivity index (χ1) is 17.2. The molecule has 3 aliphatic carbocycles. The van der Waals surface area contributed by atoms with Crippen LogP contribution < -0.4 is 0 Å². The van der Waals surface area contributed by atoms with E-state index < -0.39 is 0 Å². The summed E-state index contributed by atoms with van der Waals surface area (Å²) in [6, 6.07) is 11.8. The molecule has 1 heterocycles. The Morgan fingerprint density at radius 1 is 0.914 bits per heavy atom. The zero-order valence-corrected chi connectivity index (χ0v) is 21.8. The van der Waals surface area contributed by atoms with Crippen molar-refractivity contribution in [3.8, 4) is 11.3 Å². The van der Waals surface area contributed by atoms with Crippen LogP contribution in [0.1, 0.15) is 68.7 Å². The molecule has 4 nitrogen and oxygen atoms in total. The summed E-state index contributed by atoms with van der Waals surface area (Å²) >= 11 is 0. The topological polar surface area (TPSA) is 32.3 Å². The van der Waals surface area contributed by atoms with Crippen molar-refractivity contribution in [2.75, 3.05) is 33.2 Å². The fourth-order valence-electron chi connectivity index (χ4n) is 6.25. The van der Waals surface area contributed by atoms with Crippen molar-refractivity contribution in [1.29, 1.82) is 0 Å². The first-order valence-corrected chi connectivity index (χ1v) is 13.8. The summed E-state index contributed by atoms with van der Waals surface area (Å²) in [5.41, 5.74) is 9.40. The summed E-state index contributed by atoms with van der Waals surface area (Å²) in [6.45, 7) is 9.12. The molecule has 0 amide bonds. The quantitative estimate of drug-likeness (QED) is 0.498. The molecule has 0 N–H and O–H groups in total. The van der Waals surface area contributed by atoms with Crippen LogP contribution in [-0.2, 0) is 12.8 Å². The summed E-state index contributed by atoms with van der Waals surface area (Å²) in [5, 5.41) is 9.66. The van der Waals surface area contributed by atoms with Crippen molar-refractivity contribution in [3.63, 3.8) is 0 Å². The molecule has 0 saturated heterocycles. The molecule has 1 aromatic heterocycles. The van der Waals surface area contributed by atoms with Gasteiger partial charge in [-0.2, -0.15) is 5.10 Å². The van der Waals surface area contributed by atoms with E-state index in [4.69, 9.17) is 10.2 Å². The highest BCUT2D eigenvalue weighted by atomic mass is 15.2. The van der Waals surface area contributed by atoms with E-state index in [9.17, 15) is 0 Å². The minimum atomic E-state index is 0.269. The Kier molecular flexibility index (Phi) is 7.79. The van der Waals surface area contributed by atoms with Gasteiger partial charge in [-0.05, 0) is 94.3 Å². The predicted molar refractivity (Wildman–Crippen MR) is 145 cm³/mol. The third-order valence-electron chi connectivity index (χ3n) is 8.54. The summed E-state index contributed by atoms with van der Waals surface area (Å²) in [5.74, 6) is 0.269. The summed E-state index contributed by atoms with van der Waals surface area (Å²) in [6.07, 6.45) is 15.2. The standard InChI is InChI=1S/C31H41N4/c1-4-35(5-2)21-20-34(3)26-17-16-24-12-9-15-29(27(24)19-18-26)30-22-25-13-8-11-23-10-6-7-14-28(23)31(25)33-32-30/h6-7,9-10,12,14-15,22,26,29H,4-5,8,11,13,16-21H2,1-3H3. The maximum Gasteiger partial charge on any atom is 0.0964 e. The molecular weight excluding hydrogens is 428 g/mol. The Balaban J connectivity index is 1.32. The number of aromatic nitrogens is 2. The van der Waals surface area contributed by atoms with Gasteiger partial charge in [0.15, 0.2) is 0 Å².